The zero-order valence-electron chi connectivity index (χ0n) is 14.4. The number of hydrogen-bond acceptors (Lipinski definition) is 5. The SMILES string of the molecule is Cc1nc(N(C)Cc2cnn(C)c2)c2c(CC(C)C)csc2n1. The highest BCUT2D eigenvalue weighted by Crippen LogP contribution is 2.33. The van der Waals surface area contributed by atoms with E-state index in [4.69, 9.17) is 4.98 Å². The van der Waals surface area contributed by atoms with Gasteiger partial charge in [0.05, 0.1) is 11.6 Å². The lowest BCUT2D eigenvalue weighted by atomic mass is 10.0. The molecule has 0 aliphatic heterocycles. The lowest BCUT2D eigenvalue weighted by Crippen LogP contribution is -2.18. The normalized spacial score (nSPS) is 11.6. The zero-order chi connectivity index (χ0) is 16.6. The van der Waals surface area contributed by atoms with Crippen molar-refractivity contribution in [2.45, 2.75) is 33.7 Å². The van der Waals surface area contributed by atoms with Crippen LogP contribution in [-0.2, 0) is 20.0 Å². The number of aromatic nitrogens is 4. The standard InChI is InChI=1S/C17H23N5S/c1-11(2)6-14-10-23-17-15(14)16(19-12(3)20-17)21(4)8-13-7-18-22(5)9-13/h7,9-11H,6,8H2,1-5H3. The maximum atomic E-state index is 4.74. The Morgan fingerprint density at radius 2 is 2.09 bits per heavy atom. The summed E-state index contributed by atoms with van der Waals surface area (Å²) in [5, 5.41) is 7.69. The Morgan fingerprint density at radius 1 is 1.30 bits per heavy atom. The summed E-state index contributed by atoms with van der Waals surface area (Å²) >= 11 is 1.72. The van der Waals surface area contributed by atoms with E-state index in [9.17, 15) is 0 Å². The fourth-order valence-corrected chi connectivity index (χ4v) is 3.85. The van der Waals surface area contributed by atoms with Crippen LogP contribution in [0.2, 0.25) is 0 Å². The van der Waals surface area contributed by atoms with Gasteiger partial charge < -0.3 is 4.90 Å². The van der Waals surface area contributed by atoms with Crippen LogP contribution >= 0.6 is 11.3 Å². The minimum Gasteiger partial charge on any atom is -0.355 e. The Hall–Kier alpha value is -1.95. The molecular weight excluding hydrogens is 306 g/mol. The molecular formula is C17H23N5S. The van der Waals surface area contributed by atoms with E-state index in [0.29, 0.717) is 5.92 Å². The second-order valence-corrected chi connectivity index (χ2v) is 7.37. The number of nitrogens with zero attached hydrogens (tertiary/aromatic N) is 5. The summed E-state index contributed by atoms with van der Waals surface area (Å²) in [6.07, 6.45) is 5.01. The molecule has 0 aliphatic rings. The van der Waals surface area contributed by atoms with Crippen LogP contribution in [0.25, 0.3) is 10.2 Å². The average molecular weight is 329 g/mol. The van der Waals surface area contributed by atoms with Gasteiger partial charge in [-0.05, 0) is 30.2 Å². The number of aryl methyl sites for hydroxylation is 2. The zero-order valence-corrected chi connectivity index (χ0v) is 15.2. The average Bonchev–Trinajstić information content (AvgIpc) is 3.04. The van der Waals surface area contributed by atoms with E-state index in [1.165, 1.54) is 16.5 Å². The van der Waals surface area contributed by atoms with E-state index in [1.54, 1.807) is 11.3 Å². The van der Waals surface area contributed by atoms with Crippen molar-refractivity contribution in [3.63, 3.8) is 0 Å². The molecule has 23 heavy (non-hydrogen) atoms. The van der Waals surface area contributed by atoms with Crippen LogP contribution in [0.15, 0.2) is 17.8 Å². The summed E-state index contributed by atoms with van der Waals surface area (Å²) in [6, 6.07) is 0. The Kier molecular flexibility index (Phi) is 4.35. The minimum atomic E-state index is 0.616. The molecule has 0 N–H and O–H groups in total. The molecule has 6 heteroatoms. The topological polar surface area (TPSA) is 46.8 Å². The van der Waals surface area contributed by atoms with Crippen LogP contribution in [0.3, 0.4) is 0 Å². The van der Waals surface area contributed by atoms with Gasteiger partial charge in [-0.25, -0.2) is 9.97 Å². The molecule has 0 amide bonds. The summed E-state index contributed by atoms with van der Waals surface area (Å²) in [7, 11) is 4.03. The third-order valence-electron chi connectivity index (χ3n) is 3.77. The fraction of sp³-hybridized carbons (Fsp3) is 0.471. The van der Waals surface area contributed by atoms with Gasteiger partial charge in [0.25, 0.3) is 0 Å². The minimum absolute atomic E-state index is 0.616. The second-order valence-electron chi connectivity index (χ2n) is 6.51. The number of rotatable bonds is 5. The van der Waals surface area contributed by atoms with Crippen LogP contribution in [0.5, 0.6) is 0 Å². The molecule has 0 fully saturated rings. The van der Waals surface area contributed by atoms with Gasteiger partial charge in [-0.1, -0.05) is 13.8 Å². The molecule has 5 nitrogen and oxygen atoms in total. The first-order valence-corrected chi connectivity index (χ1v) is 8.75. The van der Waals surface area contributed by atoms with E-state index in [2.05, 4.69) is 41.3 Å². The first-order chi connectivity index (χ1) is 10.9. The number of thiophene rings is 1. The van der Waals surface area contributed by atoms with Gasteiger partial charge in [0.1, 0.15) is 16.5 Å². The lowest BCUT2D eigenvalue weighted by Gasteiger charge is -2.19. The molecule has 0 unspecified atom stereocenters. The molecule has 3 heterocycles. The van der Waals surface area contributed by atoms with Gasteiger partial charge in [0, 0.05) is 32.4 Å². The quantitative estimate of drug-likeness (QED) is 0.718. The lowest BCUT2D eigenvalue weighted by molar-refractivity contribution is 0.651. The predicted molar refractivity (Wildman–Crippen MR) is 96.0 cm³/mol. The molecule has 0 radical (unpaired) electrons. The van der Waals surface area contributed by atoms with Gasteiger partial charge in [-0.2, -0.15) is 5.10 Å². The van der Waals surface area contributed by atoms with Crippen molar-refractivity contribution in [3.05, 3.63) is 34.7 Å². The van der Waals surface area contributed by atoms with Crippen LogP contribution in [-0.4, -0.2) is 26.8 Å². The number of hydrogen-bond donors (Lipinski definition) is 0. The van der Waals surface area contributed by atoms with Gasteiger partial charge in [-0.3, -0.25) is 4.68 Å². The van der Waals surface area contributed by atoms with Crippen molar-refractivity contribution in [2.24, 2.45) is 13.0 Å². The van der Waals surface area contributed by atoms with E-state index >= 15 is 0 Å². The maximum Gasteiger partial charge on any atom is 0.141 e. The smallest absolute Gasteiger partial charge is 0.141 e. The second kappa shape index (κ2) is 6.28. The van der Waals surface area contributed by atoms with Crippen molar-refractivity contribution >= 4 is 27.4 Å². The van der Waals surface area contributed by atoms with Gasteiger partial charge in [-0.15, -0.1) is 11.3 Å². The Labute approximate surface area is 141 Å². The molecule has 0 saturated heterocycles. The maximum absolute atomic E-state index is 4.74. The highest BCUT2D eigenvalue weighted by molar-refractivity contribution is 7.17. The Bertz CT molecular complexity index is 818. The van der Waals surface area contributed by atoms with Crippen molar-refractivity contribution < 1.29 is 0 Å². The molecule has 3 rings (SSSR count). The summed E-state index contributed by atoms with van der Waals surface area (Å²) in [6.45, 7) is 7.24. The number of fused-ring (bicyclic) bond motifs is 1. The molecule has 0 aliphatic carbocycles. The predicted octanol–water partition coefficient (Wildman–Crippen LogP) is 3.57. The highest BCUT2D eigenvalue weighted by atomic mass is 32.1. The Balaban J connectivity index is 2.02. The molecule has 3 aromatic heterocycles. The molecule has 3 aromatic rings. The van der Waals surface area contributed by atoms with Crippen LogP contribution in [0, 0.1) is 12.8 Å². The monoisotopic (exact) mass is 329 g/mol. The van der Waals surface area contributed by atoms with Crippen molar-refractivity contribution in [2.75, 3.05) is 11.9 Å². The number of anilines is 1. The summed E-state index contributed by atoms with van der Waals surface area (Å²) in [4.78, 5) is 12.6. The highest BCUT2D eigenvalue weighted by Gasteiger charge is 2.17. The molecule has 0 bridgehead atoms. The fourth-order valence-electron chi connectivity index (χ4n) is 2.85. The van der Waals surface area contributed by atoms with Gasteiger partial charge in [0.15, 0.2) is 0 Å². The molecule has 122 valence electrons. The largest absolute Gasteiger partial charge is 0.355 e. The Morgan fingerprint density at radius 3 is 2.74 bits per heavy atom. The summed E-state index contributed by atoms with van der Waals surface area (Å²) in [5.74, 6) is 2.46. The molecule has 0 aromatic carbocycles. The van der Waals surface area contributed by atoms with Crippen molar-refractivity contribution in [1.82, 2.24) is 19.7 Å². The van der Waals surface area contributed by atoms with Gasteiger partial charge >= 0.3 is 0 Å². The third-order valence-corrected chi connectivity index (χ3v) is 4.69. The van der Waals surface area contributed by atoms with E-state index in [-0.39, 0.29) is 0 Å². The summed E-state index contributed by atoms with van der Waals surface area (Å²) in [5.41, 5.74) is 2.54. The molecule has 0 spiro atoms. The van der Waals surface area contributed by atoms with Crippen LogP contribution in [0.1, 0.15) is 30.8 Å². The van der Waals surface area contributed by atoms with Gasteiger partial charge in [0.2, 0.25) is 0 Å². The van der Waals surface area contributed by atoms with Crippen molar-refractivity contribution in [3.8, 4) is 0 Å². The summed E-state index contributed by atoms with van der Waals surface area (Å²) < 4.78 is 1.83. The van der Waals surface area contributed by atoms with E-state index in [0.717, 1.165) is 29.4 Å². The van der Waals surface area contributed by atoms with Crippen molar-refractivity contribution in [1.29, 1.82) is 0 Å². The third kappa shape index (κ3) is 3.37. The van der Waals surface area contributed by atoms with Crippen LogP contribution in [0.4, 0.5) is 5.82 Å². The first-order valence-electron chi connectivity index (χ1n) is 7.87. The van der Waals surface area contributed by atoms with Crippen LogP contribution < -0.4 is 4.90 Å². The molecule has 0 saturated carbocycles. The van der Waals surface area contributed by atoms with E-state index < -0.39 is 0 Å². The first kappa shape index (κ1) is 15.9. The van der Waals surface area contributed by atoms with E-state index in [1.807, 2.05) is 31.0 Å². The molecule has 0 atom stereocenters.